The summed E-state index contributed by atoms with van der Waals surface area (Å²) in [4.78, 5) is 23.4. The lowest BCUT2D eigenvalue weighted by atomic mass is 10.2. The van der Waals surface area contributed by atoms with Crippen molar-refractivity contribution in [2.24, 2.45) is 0 Å². The molecule has 1 N–H and O–H groups in total. The number of morpholine rings is 1. The number of para-hydroxylation sites is 1. The standard InChI is InChI=1S/C22H22N4O3/c27-22(17-6-8-19(9-7-17)29-18-4-2-1-3-5-18)24-16-20-23-11-10-21(25-20)26-12-14-28-15-13-26/h1-11H,12-16H2,(H,24,27). The Kier molecular flexibility index (Phi) is 5.97. The molecule has 1 aliphatic heterocycles. The van der Waals surface area contributed by atoms with Crippen LogP contribution in [0, 0.1) is 0 Å². The highest BCUT2D eigenvalue weighted by Gasteiger charge is 2.13. The van der Waals surface area contributed by atoms with Gasteiger partial charge >= 0.3 is 0 Å². The number of anilines is 1. The van der Waals surface area contributed by atoms with Crippen LogP contribution >= 0.6 is 0 Å². The van der Waals surface area contributed by atoms with Crippen molar-refractivity contribution in [3.8, 4) is 11.5 Å². The van der Waals surface area contributed by atoms with Gasteiger partial charge < -0.3 is 19.7 Å². The summed E-state index contributed by atoms with van der Waals surface area (Å²) in [6, 6.07) is 18.4. The van der Waals surface area contributed by atoms with Gasteiger partial charge in [-0.05, 0) is 42.5 Å². The van der Waals surface area contributed by atoms with Crippen LogP contribution in [0.2, 0.25) is 0 Å². The molecule has 7 heteroatoms. The highest BCUT2D eigenvalue weighted by Crippen LogP contribution is 2.21. The predicted octanol–water partition coefficient (Wildman–Crippen LogP) is 3.04. The van der Waals surface area contributed by atoms with Crippen LogP contribution in [-0.4, -0.2) is 42.2 Å². The molecule has 2 aromatic carbocycles. The third-order valence-electron chi connectivity index (χ3n) is 4.53. The fourth-order valence-electron chi connectivity index (χ4n) is 3.00. The van der Waals surface area contributed by atoms with Crippen LogP contribution < -0.4 is 15.0 Å². The van der Waals surface area contributed by atoms with E-state index in [1.165, 1.54) is 0 Å². The van der Waals surface area contributed by atoms with Gasteiger partial charge in [-0.1, -0.05) is 18.2 Å². The van der Waals surface area contributed by atoms with Gasteiger partial charge in [0.1, 0.15) is 23.1 Å². The fraction of sp³-hybridized carbons (Fsp3) is 0.227. The Hall–Kier alpha value is -3.45. The molecule has 148 valence electrons. The number of hydrogen-bond acceptors (Lipinski definition) is 6. The molecule has 1 amide bonds. The summed E-state index contributed by atoms with van der Waals surface area (Å²) in [5.41, 5.74) is 0.551. The molecule has 1 aromatic heterocycles. The predicted molar refractivity (Wildman–Crippen MR) is 109 cm³/mol. The lowest BCUT2D eigenvalue weighted by molar-refractivity contribution is 0.0950. The van der Waals surface area contributed by atoms with Crippen LogP contribution in [0.1, 0.15) is 16.2 Å². The summed E-state index contributed by atoms with van der Waals surface area (Å²) in [5, 5.41) is 2.87. The summed E-state index contributed by atoms with van der Waals surface area (Å²) >= 11 is 0. The minimum atomic E-state index is -0.184. The second-order valence-corrected chi connectivity index (χ2v) is 6.55. The van der Waals surface area contributed by atoms with Gasteiger partial charge in [0.05, 0.1) is 19.8 Å². The highest BCUT2D eigenvalue weighted by molar-refractivity contribution is 5.94. The molecule has 1 aliphatic rings. The first-order valence-corrected chi connectivity index (χ1v) is 9.54. The number of hydrogen-bond donors (Lipinski definition) is 1. The smallest absolute Gasteiger partial charge is 0.251 e. The molecule has 0 spiro atoms. The first-order chi connectivity index (χ1) is 14.3. The summed E-state index contributed by atoms with van der Waals surface area (Å²) in [7, 11) is 0. The van der Waals surface area contributed by atoms with Crippen molar-refractivity contribution in [2.75, 3.05) is 31.2 Å². The maximum absolute atomic E-state index is 12.4. The molecular formula is C22H22N4O3. The van der Waals surface area contributed by atoms with Gasteiger partial charge in [-0.2, -0.15) is 0 Å². The van der Waals surface area contributed by atoms with Gasteiger partial charge in [0, 0.05) is 24.8 Å². The molecule has 4 rings (SSSR count). The van der Waals surface area contributed by atoms with Crippen LogP contribution in [0.25, 0.3) is 0 Å². The van der Waals surface area contributed by atoms with Crippen LogP contribution in [0.3, 0.4) is 0 Å². The zero-order valence-electron chi connectivity index (χ0n) is 16.0. The fourth-order valence-corrected chi connectivity index (χ4v) is 3.00. The summed E-state index contributed by atoms with van der Waals surface area (Å²) in [6.07, 6.45) is 1.72. The van der Waals surface area contributed by atoms with Crippen LogP contribution in [0.5, 0.6) is 11.5 Å². The SMILES string of the molecule is O=C(NCc1nccc(N2CCOCC2)n1)c1ccc(Oc2ccccc2)cc1. The molecule has 0 aliphatic carbocycles. The van der Waals surface area contributed by atoms with E-state index in [0.29, 0.717) is 30.4 Å². The normalized spacial score (nSPS) is 13.7. The lowest BCUT2D eigenvalue weighted by Crippen LogP contribution is -2.37. The van der Waals surface area contributed by atoms with Crippen LogP contribution in [0.4, 0.5) is 5.82 Å². The first kappa shape index (κ1) is 18.9. The second-order valence-electron chi connectivity index (χ2n) is 6.55. The van der Waals surface area contributed by atoms with Crippen molar-refractivity contribution < 1.29 is 14.3 Å². The zero-order valence-corrected chi connectivity index (χ0v) is 16.0. The number of nitrogens with one attached hydrogen (secondary N) is 1. The number of aromatic nitrogens is 2. The molecular weight excluding hydrogens is 368 g/mol. The van der Waals surface area contributed by atoms with Crippen molar-refractivity contribution in [2.45, 2.75) is 6.54 Å². The number of nitrogens with zero attached hydrogens (tertiary/aromatic N) is 3. The third kappa shape index (κ3) is 5.08. The Morgan fingerprint density at radius 2 is 1.72 bits per heavy atom. The minimum absolute atomic E-state index is 0.184. The van der Waals surface area contributed by atoms with Gasteiger partial charge in [-0.25, -0.2) is 9.97 Å². The van der Waals surface area contributed by atoms with E-state index in [4.69, 9.17) is 9.47 Å². The minimum Gasteiger partial charge on any atom is -0.457 e. The monoisotopic (exact) mass is 390 g/mol. The van der Waals surface area contributed by atoms with Crippen LogP contribution in [-0.2, 0) is 11.3 Å². The van der Waals surface area contributed by atoms with E-state index in [9.17, 15) is 4.79 Å². The number of amides is 1. The van der Waals surface area contributed by atoms with E-state index < -0.39 is 0 Å². The van der Waals surface area contributed by atoms with E-state index in [1.54, 1.807) is 30.5 Å². The number of carbonyl (C=O) groups excluding carboxylic acids is 1. The van der Waals surface area contributed by atoms with Crippen LogP contribution in [0.15, 0.2) is 66.9 Å². The average Bonchev–Trinajstić information content (AvgIpc) is 2.79. The quantitative estimate of drug-likeness (QED) is 0.697. The third-order valence-corrected chi connectivity index (χ3v) is 4.53. The molecule has 0 unspecified atom stereocenters. The number of benzene rings is 2. The zero-order chi connectivity index (χ0) is 19.9. The molecule has 2 heterocycles. The number of rotatable bonds is 6. The molecule has 0 bridgehead atoms. The van der Waals surface area contributed by atoms with Crippen molar-refractivity contribution in [3.05, 3.63) is 78.2 Å². The molecule has 1 fully saturated rings. The largest absolute Gasteiger partial charge is 0.457 e. The Balaban J connectivity index is 1.33. The molecule has 0 atom stereocenters. The van der Waals surface area contributed by atoms with Gasteiger partial charge in [0.15, 0.2) is 0 Å². The Bertz CT molecular complexity index is 942. The summed E-state index contributed by atoms with van der Waals surface area (Å²) in [6.45, 7) is 3.26. The van der Waals surface area contributed by atoms with E-state index in [0.717, 1.165) is 24.7 Å². The summed E-state index contributed by atoms with van der Waals surface area (Å²) in [5.74, 6) is 2.68. The second kappa shape index (κ2) is 9.16. The average molecular weight is 390 g/mol. The number of ether oxygens (including phenoxy) is 2. The van der Waals surface area contributed by atoms with Gasteiger partial charge in [0.2, 0.25) is 0 Å². The molecule has 1 saturated heterocycles. The molecule has 0 radical (unpaired) electrons. The Labute approximate surface area is 169 Å². The summed E-state index contributed by atoms with van der Waals surface area (Å²) < 4.78 is 11.1. The van der Waals surface area contributed by atoms with Crippen molar-refractivity contribution in [1.29, 1.82) is 0 Å². The molecule has 3 aromatic rings. The first-order valence-electron chi connectivity index (χ1n) is 9.54. The van der Waals surface area contributed by atoms with Crippen molar-refractivity contribution >= 4 is 11.7 Å². The Morgan fingerprint density at radius 1 is 1.00 bits per heavy atom. The number of carbonyl (C=O) groups is 1. The topological polar surface area (TPSA) is 76.6 Å². The molecule has 29 heavy (non-hydrogen) atoms. The maximum Gasteiger partial charge on any atom is 0.251 e. The van der Waals surface area contributed by atoms with E-state index in [1.807, 2.05) is 36.4 Å². The maximum atomic E-state index is 12.4. The van der Waals surface area contributed by atoms with Crippen molar-refractivity contribution in [1.82, 2.24) is 15.3 Å². The van der Waals surface area contributed by atoms with E-state index in [-0.39, 0.29) is 12.5 Å². The Morgan fingerprint density at radius 3 is 2.48 bits per heavy atom. The molecule has 7 nitrogen and oxygen atoms in total. The lowest BCUT2D eigenvalue weighted by Gasteiger charge is -2.27. The van der Waals surface area contributed by atoms with E-state index >= 15 is 0 Å². The van der Waals surface area contributed by atoms with Gasteiger partial charge in [-0.3, -0.25) is 4.79 Å². The van der Waals surface area contributed by atoms with Gasteiger partial charge in [0.25, 0.3) is 5.91 Å². The van der Waals surface area contributed by atoms with Crippen molar-refractivity contribution in [3.63, 3.8) is 0 Å². The van der Waals surface area contributed by atoms with E-state index in [2.05, 4.69) is 20.2 Å². The molecule has 0 saturated carbocycles. The van der Waals surface area contributed by atoms with Gasteiger partial charge in [-0.15, -0.1) is 0 Å². The highest BCUT2D eigenvalue weighted by atomic mass is 16.5.